The van der Waals surface area contributed by atoms with E-state index in [9.17, 15) is 29.4 Å². The van der Waals surface area contributed by atoms with Crippen LogP contribution in [0.25, 0.3) is 0 Å². The molecular formula is C28H37FO8. The Morgan fingerprint density at radius 1 is 1.11 bits per heavy atom. The number of carbonyl (C=O) groups is 4. The first-order valence-electron chi connectivity index (χ1n) is 13.0. The maximum atomic E-state index is 17.5. The number of Topliss-reactive ketones (excluding diaryl/α,β-unsaturated/α-hetero) is 1. The Bertz CT molecular complexity index is 1080. The summed E-state index contributed by atoms with van der Waals surface area (Å²) in [7, 11) is 1.20. The van der Waals surface area contributed by atoms with Crippen LogP contribution in [-0.4, -0.2) is 64.8 Å². The molecule has 9 atom stereocenters. The Labute approximate surface area is 216 Å². The van der Waals surface area contributed by atoms with Gasteiger partial charge in [-0.15, -0.1) is 0 Å². The number of methoxy groups -OCH3 is 1. The molecule has 4 aliphatic rings. The van der Waals surface area contributed by atoms with Crippen LogP contribution in [0.2, 0.25) is 0 Å². The average Bonchev–Trinajstić information content (AvgIpc) is 3.07. The lowest BCUT2D eigenvalue weighted by atomic mass is 9.43. The van der Waals surface area contributed by atoms with Crippen molar-refractivity contribution in [3.8, 4) is 0 Å². The van der Waals surface area contributed by atoms with Crippen LogP contribution in [0.4, 0.5) is 4.39 Å². The molecule has 0 saturated heterocycles. The van der Waals surface area contributed by atoms with Crippen molar-refractivity contribution in [3.05, 3.63) is 23.8 Å². The molecule has 9 heteroatoms. The van der Waals surface area contributed by atoms with E-state index in [0.29, 0.717) is 18.4 Å². The van der Waals surface area contributed by atoms with E-state index >= 15 is 4.39 Å². The lowest BCUT2D eigenvalue weighted by molar-refractivity contribution is -0.231. The van der Waals surface area contributed by atoms with Gasteiger partial charge in [0, 0.05) is 22.7 Å². The fraction of sp³-hybridized carbons (Fsp3) is 0.714. The summed E-state index contributed by atoms with van der Waals surface area (Å²) in [5, 5.41) is 21.5. The maximum absolute atomic E-state index is 17.5. The molecule has 0 aromatic rings. The van der Waals surface area contributed by atoms with Gasteiger partial charge < -0.3 is 19.7 Å². The number of hydrogen-bond acceptors (Lipinski definition) is 8. The summed E-state index contributed by atoms with van der Waals surface area (Å²) in [6.45, 7) is 6.25. The van der Waals surface area contributed by atoms with Crippen LogP contribution < -0.4 is 0 Å². The number of alkyl halides is 1. The van der Waals surface area contributed by atoms with E-state index in [4.69, 9.17) is 4.74 Å². The molecular weight excluding hydrogens is 483 g/mol. The fourth-order valence-corrected chi connectivity index (χ4v) is 8.44. The molecule has 3 fully saturated rings. The van der Waals surface area contributed by atoms with Gasteiger partial charge in [0.05, 0.1) is 26.1 Å². The lowest BCUT2D eigenvalue weighted by Gasteiger charge is -2.63. The number of ether oxygens (including phenoxy) is 2. The first kappa shape index (κ1) is 27.6. The molecule has 0 bridgehead atoms. The summed E-state index contributed by atoms with van der Waals surface area (Å²) in [5.74, 6) is -4.18. The first-order chi connectivity index (χ1) is 17.2. The van der Waals surface area contributed by atoms with Crippen molar-refractivity contribution in [2.75, 3.05) is 13.7 Å². The van der Waals surface area contributed by atoms with Crippen molar-refractivity contribution in [2.24, 2.45) is 34.5 Å². The van der Waals surface area contributed by atoms with Gasteiger partial charge in [-0.3, -0.25) is 19.2 Å². The Balaban J connectivity index is 1.78. The number of aliphatic hydroxyl groups is 2. The minimum absolute atomic E-state index is 0.149. The molecule has 37 heavy (non-hydrogen) atoms. The zero-order valence-corrected chi connectivity index (χ0v) is 22.1. The number of carbonyl (C=O) groups excluding carboxylic acids is 4. The summed E-state index contributed by atoms with van der Waals surface area (Å²) in [4.78, 5) is 50.0. The summed E-state index contributed by atoms with van der Waals surface area (Å²) in [6, 6.07) is 0. The zero-order valence-electron chi connectivity index (χ0n) is 22.1. The van der Waals surface area contributed by atoms with E-state index in [1.807, 2.05) is 6.92 Å². The number of aliphatic hydroxyl groups excluding tert-OH is 2. The summed E-state index contributed by atoms with van der Waals surface area (Å²) >= 11 is 0. The van der Waals surface area contributed by atoms with Gasteiger partial charge in [-0.25, -0.2) is 4.39 Å². The first-order valence-corrected chi connectivity index (χ1v) is 13.0. The third-order valence-corrected chi connectivity index (χ3v) is 10.1. The highest BCUT2D eigenvalue weighted by molar-refractivity contribution is 6.01. The van der Waals surface area contributed by atoms with Gasteiger partial charge in [0.1, 0.15) is 6.61 Å². The second kappa shape index (κ2) is 9.12. The fourth-order valence-electron chi connectivity index (χ4n) is 8.44. The van der Waals surface area contributed by atoms with Crippen molar-refractivity contribution < 1.29 is 43.3 Å². The van der Waals surface area contributed by atoms with Gasteiger partial charge in [-0.05, 0) is 50.2 Å². The van der Waals surface area contributed by atoms with Crippen molar-refractivity contribution in [1.29, 1.82) is 0 Å². The molecule has 0 heterocycles. The highest BCUT2D eigenvalue weighted by Gasteiger charge is 2.77. The summed E-state index contributed by atoms with van der Waals surface area (Å²) < 4.78 is 28.0. The minimum atomic E-state index is -2.11. The highest BCUT2D eigenvalue weighted by atomic mass is 19.1. The van der Waals surface area contributed by atoms with Gasteiger partial charge >= 0.3 is 11.9 Å². The molecule has 0 spiro atoms. The molecule has 204 valence electrons. The smallest absolute Gasteiger partial charge is 0.307 e. The molecule has 0 unspecified atom stereocenters. The van der Waals surface area contributed by atoms with Crippen molar-refractivity contribution in [1.82, 2.24) is 0 Å². The lowest BCUT2D eigenvalue weighted by Crippen LogP contribution is -2.70. The molecule has 0 aromatic heterocycles. The standard InChI is InChI=1S/C28H37FO8/c1-15-10-20-19-11-16(2)28(22(33)14-30,37-24(35)7-6-23(34)36-5)26(19,4)13-21(32)27(20,29)25(3)9-8-17(31)12-18(15)25/h8-9,12,15-16,19-21,30,32H,6-7,10-11,13-14H2,1-5H3/t15-,16-,19-,20-,21-,25-,26-,27-,28-/m0/s1. The number of halogens is 1. The minimum Gasteiger partial charge on any atom is -0.469 e. The van der Waals surface area contributed by atoms with E-state index in [2.05, 4.69) is 4.74 Å². The number of allylic oxidation sites excluding steroid dienone is 4. The number of rotatable bonds is 6. The van der Waals surface area contributed by atoms with E-state index < -0.39 is 70.3 Å². The van der Waals surface area contributed by atoms with Gasteiger partial charge in [0.25, 0.3) is 0 Å². The van der Waals surface area contributed by atoms with Crippen molar-refractivity contribution >= 4 is 23.5 Å². The molecule has 4 rings (SSSR count). The quantitative estimate of drug-likeness (QED) is 0.512. The van der Waals surface area contributed by atoms with Crippen LogP contribution in [0.5, 0.6) is 0 Å². The van der Waals surface area contributed by atoms with Gasteiger partial charge in [0.15, 0.2) is 17.1 Å². The number of ketones is 2. The number of fused-ring (bicyclic) bond motifs is 5. The topological polar surface area (TPSA) is 127 Å². The Hall–Kier alpha value is -2.39. The van der Waals surface area contributed by atoms with Gasteiger partial charge in [0.2, 0.25) is 5.78 Å². The molecule has 3 saturated carbocycles. The summed E-state index contributed by atoms with van der Waals surface area (Å²) in [5.41, 5.74) is -5.63. The zero-order chi connectivity index (χ0) is 27.6. The maximum Gasteiger partial charge on any atom is 0.307 e. The largest absolute Gasteiger partial charge is 0.469 e. The van der Waals surface area contributed by atoms with Gasteiger partial charge in [-0.1, -0.05) is 32.4 Å². The van der Waals surface area contributed by atoms with Crippen LogP contribution in [0, 0.1) is 34.5 Å². The molecule has 2 N–H and O–H groups in total. The van der Waals surface area contributed by atoms with Crippen molar-refractivity contribution in [2.45, 2.75) is 77.2 Å². The highest BCUT2D eigenvalue weighted by Crippen LogP contribution is 2.72. The van der Waals surface area contributed by atoms with E-state index in [1.54, 1.807) is 26.8 Å². The van der Waals surface area contributed by atoms with Gasteiger partial charge in [-0.2, -0.15) is 0 Å². The van der Waals surface area contributed by atoms with E-state index in [-0.39, 0.29) is 31.0 Å². The normalized spacial score (nSPS) is 44.3. The van der Waals surface area contributed by atoms with Crippen LogP contribution in [0.3, 0.4) is 0 Å². The van der Waals surface area contributed by atoms with Crippen LogP contribution in [0.15, 0.2) is 23.8 Å². The van der Waals surface area contributed by atoms with Crippen LogP contribution >= 0.6 is 0 Å². The molecule has 8 nitrogen and oxygen atoms in total. The second-order valence-electron chi connectivity index (χ2n) is 11.8. The third kappa shape index (κ3) is 3.60. The SMILES string of the molecule is COC(=O)CCC(=O)O[C@]1(C(=O)CO)[C@@H](C)C[C@H]2[C@@H]3C[C@H](C)C4=CC(=O)C=C[C@]4(C)[C@@]3(F)[C@@H](O)C[C@@]21C. The monoisotopic (exact) mass is 520 g/mol. The third-order valence-electron chi connectivity index (χ3n) is 10.1. The number of hydrogen-bond donors (Lipinski definition) is 2. The average molecular weight is 521 g/mol. The Kier molecular flexibility index (Phi) is 6.81. The predicted octanol–water partition coefficient (Wildman–Crippen LogP) is 2.65. The molecule has 0 aromatic carbocycles. The predicted molar refractivity (Wildman–Crippen MR) is 130 cm³/mol. The number of esters is 2. The molecule has 0 aliphatic heterocycles. The van der Waals surface area contributed by atoms with Crippen LogP contribution in [-0.2, 0) is 28.7 Å². The van der Waals surface area contributed by atoms with Crippen LogP contribution in [0.1, 0.15) is 59.8 Å². The summed E-state index contributed by atoms with van der Waals surface area (Å²) in [6.07, 6.45) is 2.83. The Morgan fingerprint density at radius 3 is 2.38 bits per heavy atom. The molecule has 4 aliphatic carbocycles. The van der Waals surface area contributed by atoms with Crippen molar-refractivity contribution in [3.63, 3.8) is 0 Å². The van der Waals surface area contributed by atoms with E-state index in [0.717, 1.165) is 0 Å². The van der Waals surface area contributed by atoms with E-state index in [1.165, 1.54) is 19.3 Å². The molecule has 0 amide bonds. The molecule has 0 radical (unpaired) electrons. The second-order valence-corrected chi connectivity index (χ2v) is 11.8. The Morgan fingerprint density at radius 2 is 1.76 bits per heavy atom.